The minimum Gasteiger partial charge on any atom is -0.480 e. The Labute approximate surface area is 122 Å². The van der Waals surface area contributed by atoms with E-state index in [-0.39, 0.29) is 12.5 Å². The first-order chi connectivity index (χ1) is 9.58. The number of aliphatic carboxylic acids is 1. The molecule has 0 saturated carbocycles. The van der Waals surface area contributed by atoms with Crippen molar-refractivity contribution in [2.45, 2.75) is 38.3 Å². The number of rotatable bonds is 6. The number of nitrogens with one attached hydrogen (secondary N) is 1. The summed E-state index contributed by atoms with van der Waals surface area (Å²) in [5.41, 5.74) is -0.861. The van der Waals surface area contributed by atoms with E-state index in [1.54, 1.807) is 16.2 Å². The van der Waals surface area contributed by atoms with Crippen molar-refractivity contribution in [3.8, 4) is 0 Å². The lowest BCUT2D eigenvalue weighted by Gasteiger charge is -2.33. The molecule has 1 saturated heterocycles. The second-order valence-corrected chi connectivity index (χ2v) is 6.10. The lowest BCUT2D eigenvalue weighted by atomic mass is 9.93. The van der Waals surface area contributed by atoms with Gasteiger partial charge in [0.15, 0.2) is 0 Å². The van der Waals surface area contributed by atoms with E-state index in [2.05, 4.69) is 5.32 Å². The summed E-state index contributed by atoms with van der Waals surface area (Å²) in [6.45, 7) is 3.21. The number of hydrogen-bond donors (Lipinski definition) is 2. The smallest absolute Gasteiger partial charge is 0.324 e. The topological polar surface area (TPSA) is 69.6 Å². The van der Waals surface area contributed by atoms with E-state index >= 15 is 0 Å². The maximum atomic E-state index is 12.0. The lowest BCUT2D eigenvalue weighted by Crippen LogP contribution is -2.53. The van der Waals surface area contributed by atoms with E-state index < -0.39 is 11.5 Å². The van der Waals surface area contributed by atoms with Crippen LogP contribution in [0.15, 0.2) is 17.5 Å². The van der Waals surface area contributed by atoms with Crippen molar-refractivity contribution in [3.05, 3.63) is 22.4 Å². The van der Waals surface area contributed by atoms with Gasteiger partial charge in [-0.05, 0) is 37.3 Å². The molecule has 1 amide bonds. The largest absolute Gasteiger partial charge is 0.480 e. The molecule has 1 atom stereocenters. The molecule has 110 valence electrons. The Hall–Kier alpha value is -1.40. The lowest BCUT2D eigenvalue weighted by molar-refractivity contribution is -0.150. The highest BCUT2D eigenvalue weighted by Gasteiger charge is 2.46. The summed E-state index contributed by atoms with van der Waals surface area (Å²) < 4.78 is 0. The predicted molar refractivity (Wildman–Crippen MR) is 77.6 cm³/mol. The summed E-state index contributed by atoms with van der Waals surface area (Å²) in [6, 6.07) is 3.91. The van der Waals surface area contributed by atoms with E-state index in [9.17, 15) is 14.7 Å². The Balaban J connectivity index is 1.91. The van der Waals surface area contributed by atoms with Gasteiger partial charge in [-0.2, -0.15) is 0 Å². The Kier molecular flexibility index (Phi) is 4.77. The average molecular weight is 296 g/mol. The molecule has 0 aliphatic carbocycles. The maximum Gasteiger partial charge on any atom is 0.324 e. The first-order valence-corrected chi connectivity index (χ1v) is 7.74. The summed E-state index contributed by atoms with van der Waals surface area (Å²) in [5.74, 6) is -0.928. The Bertz CT molecular complexity index is 475. The van der Waals surface area contributed by atoms with Crippen molar-refractivity contribution in [1.29, 1.82) is 0 Å². The fourth-order valence-electron chi connectivity index (χ4n) is 2.79. The van der Waals surface area contributed by atoms with Crippen LogP contribution >= 0.6 is 11.3 Å². The van der Waals surface area contributed by atoms with Crippen LogP contribution in [0, 0.1) is 0 Å². The number of carbonyl (C=O) groups is 2. The molecular weight excluding hydrogens is 276 g/mol. The van der Waals surface area contributed by atoms with E-state index in [1.165, 1.54) is 0 Å². The van der Waals surface area contributed by atoms with Gasteiger partial charge in [0, 0.05) is 4.88 Å². The normalized spacial score (nSPS) is 22.9. The van der Waals surface area contributed by atoms with Gasteiger partial charge in [-0.15, -0.1) is 11.3 Å². The third-order valence-electron chi connectivity index (χ3n) is 3.98. The third kappa shape index (κ3) is 3.02. The molecule has 0 radical (unpaired) electrons. The molecule has 0 bridgehead atoms. The van der Waals surface area contributed by atoms with Gasteiger partial charge in [0.2, 0.25) is 5.91 Å². The Morgan fingerprint density at radius 3 is 2.95 bits per heavy atom. The van der Waals surface area contributed by atoms with Gasteiger partial charge in [0.1, 0.15) is 5.54 Å². The van der Waals surface area contributed by atoms with Crippen LogP contribution in [-0.2, 0) is 16.1 Å². The van der Waals surface area contributed by atoms with E-state index in [1.807, 2.05) is 24.4 Å². The van der Waals surface area contributed by atoms with Crippen LogP contribution < -0.4 is 5.32 Å². The molecule has 1 aromatic heterocycles. The number of amides is 1. The van der Waals surface area contributed by atoms with Gasteiger partial charge in [0.25, 0.3) is 0 Å². The summed E-state index contributed by atoms with van der Waals surface area (Å²) >= 11 is 1.59. The van der Waals surface area contributed by atoms with E-state index in [4.69, 9.17) is 0 Å². The van der Waals surface area contributed by atoms with Crippen molar-refractivity contribution >= 4 is 23.2 Å². The fraction of sp³-hybridized carbons (Fsp3) is 0.571. The van der Waals surface area contributed by atoms with E-state index in [0.29, 0.717) is 25.9 Å². The predicted octanol–water partition coefficient (Wildman–Crippen LogP) is 1.69. The highest BCUT2D eigenvalue weighted by molar-refractivity contribution is 7.09. The number of hydrogen-bond acceptors (Lipinski definition) is 4. The van der Waals surface area contributed by atoms with Gasteiger partial charge in [-0.25, -0.2) is 0 Å². The molecular formula is C14H20N2O3S. The van der Waals surface area contributed by atoms with Crippen LogP contribution in [0.4, 0.5) is 0 Å². The van der Waals surface area contributed by atoms with Crippen LogP contribution in [0.3, 0.4) is 0 Å². The van der Waals surface area contributed by atoms with Crippen LogP contribution in [0.5, 0.6) is 0 Å². The van der Waals surface area contributed by atoms with Crippen molar-refractivity contribution in [3.63, 3.8) is 0 Å². The molecule has 0 spiro atoms. The minimum absolute atomic E-state index is 0.112. The zero-order valence-corrected chi connectivity index (χ0v) is 12.4. The third-order valence-corrected chi connectivity index (χ3v) is 4.86. The Morgan fingerprint density at radius 2 is 2.35 bits per heavy atom. The first kappa shape index (κ1) is 15.0. The second-order valence-electron chi connectivity index (χ2n) is 5.07. The molecule has 20 heavy (non-hydrogen) atoms. The molecule has 6 heteroatoms. The quantitative estimate of drug-likeness (QED) is 0.838. The number of carboxylic acid groups (broad SMARTS) is 1. The van der Waals surface area contributed by atoms with Gasteiger partial charge in [-0.3, -0.25) is 14.5 Å². The van der Waals surface area contributed by atoms with Gasteiger partial charge in [-0.1, -0.05) is 13.0 Å². The molecule has 1 aromatic rings. The molecule has 1 aliphatic rings. The van der Waals surface area contributed by atoms with Crippen molar-refractivity contribution in [2.75, 3.05) is 13.1 Å². The average Bonchev–Trinajstić information content (AvgIpc) is 3.05. The zero-order valence-electron chi connectivity index (χ0n) is 11.6. The van der Waals surface area contributed by atoms with E-state index in [0.717, 1.165) is 11.3 Å². The minimum atomic E-state index is -0.861. The molecule has 1 unspecified atom stereocenters. The molecule has 2 heterocycles. The van der Waals surface area contributed by atoms with Crippen LogP contribution in [0.1, 0.15) is 31.1 Å². The molecule has 0 aromatic carbocycles. The zero-order chi connectivity index (χ0) is 14.6. The highest BCUT2D eigenvalue weighted by atomic mass is 32.1. The summed E-state index contributed by atoms with van der Waals surface area (Å²) in [4.78, 5) is 26.4. The summed E-state index contributed by atoms with van der Waals surface area (Å²) in [7, 11) is 0. The van der Waals surface area contributed by atoms with Gasteiger partial charge < -0.3 is 10.4 Å². The molecule has 1 aliphatic heterocycles. The molecule has 2 N–H and O–H groups in total. The number of thiophene rings is 1. The summed E-state index contributed by atoms with van der Waals surface area (Å²) in [5, 5.41) is 14.3. The van der Waals surface area contributed by atoms with Gasteiger partial charge in [0.05, 0.1) is 13.1 Å². The standard InChI is InChI=1S/C14H20N2O3S/c1-2-14(13(18)19)6-4-7-16(14)10-12(17)15-9-11-5-3-8-20-11/h3,5,8H,2,4,6-7,9-10H2,1H3,(H,15,17)(H,18,19). The van der Waals surface area contributed by atoms with Crippen molar-refractivity contribution < 1.29 is 14.7 Å². The number of carboxylic acids is 1. The highest BCUT2D eigenvalue weighted by Crippen LogP contribution is 2.32. The fourth-order valence-corrected chi connectivity index (χ4v) is 3.43. The second kappa shape index (κ2) is 6.37. The molecule has 5 nitrogen and oxygen atoms in total. The van der Waals surface area contributed by atoms with Crippen LogP contribution in [0.2, 0.25) is 0 Å². The molecule has 2 rings (SSSR count). The van der Waals surface area contributed by atoms with Crippen LogP contribution in [-0.4, -0.2) is 40.5 Å². The number of nitrogens with zero attached hydrogens (tertiary/aromatic N) is 1. The van der Waals surface area contributed by atoms with Crippen molar-refractivity contribution in [2.24, 2.45) is 0 Å². The van der Waals surface area contributed by atoms with Crippen molar-refractivity contribution in [1.82, 2.24) is 10.2 Å². The summed E-state index contributed by atoms with van der Waals surface area (Å²) in [6.07, 6.45) is 1.98. The Morgan fingerprint density at radius 1 is 1.55 bits per heavy atom. The SMILES string of the molecule is CCC1(C(=O)O)CCCN1CC(=O)NCc1cccs1. The maximum absolute atomic E-state index is 12.0. The number of carbonyl (C=O) groups excluding carboxylic acids is 1. The van der Waals surface area contributed by atoms with Gasteiger partial charge >= 0.3 is 5.97 Å². The first-order valence-electron chi connectivity index (χ1n) is 6.86. The monoisotopic (exact) mass is 296 g/mol. The number of likely N-dealkylation sites (tertiary alicyclic amines) is 1. The van der Waals surface area contributed by atoms with Crippen LogP contribution in [0.25, 0.3) is 0 Å². The molecule has 1 fully saturated rings.